The molecule has 0 saturated carbocycles. The summed E-state index contributed by atoms with van der Waals surface area (Å²) in [6.07, 6.45) is 1.83. The van der Waals surface area contributed by atoms with Crippen LogP contribution in [0.3, 0.4) is 0 Å². The van der Waals surface area contributed by atoms with Crippen LogP contribution in [0.1, 0.15) is 32.8 Å². The molecule has 0 radical (unpaired) electrons. The fraction of sp³-hybridized carbons (Fsp3) is 0.500. The summed E-state index contributed by atoms with van der Waals surface area (Å²) in [7, 11) is 0. The molecule has 0 aromatic heterocycles. The first-order chi connectivity index (χ1) is 8.00. The first-order valence-corrected chi connectivity index (χ1v) is 6.86. The zero-order valence-corrected chi connectivity index (χ0v) is 11.3. The number of hydrogen-bond donors (Lipinski definition) is 0. The van der Waals surface area contributed by atoms with Crippen molar-refractivity contribution in [3.63, 3.8) is 0 Å². The van der Waals surface area contributed by atoms with E-state index in [9.17, 15) is 4.79 Å². The van der Waals surface area contributed by atoms with Gasteiger partial charge in [0, 0.05) is 11.3 Å². The second-order valence-corrected chi connectivity index (χ2v) is 6.27. The molecule has 1 atom stereocenters. The Morgan fingerprint density at radius 1 is 1.35 bits per heavy atom. The van der Waals surface area contributed by atoms with E-state index in [1.807, 2.05) is 13.8 Å². The molecule has 1 saturated heterocycles. The highest BCUT2D eigenvalue weighted by atomic mass is 32.2. The zero-order chi connectivity index (χ0) is 12.5. The molecule has 17 heavy (non-hydrogen) atoms. The van der Waals surface area contributed by atoms with Crippen LogP contribution in [-0.2, 0) is 16.0 Å². The molecule has 92 valence electrons. The number of ether oxygens (including phenoxy) is 1. The predicted octanol–water partition coefficient (Wildman–Crippen LogP) is 3.44. The topological polar surface area (TPSA) is 26.3 Å². The minimum absolute atomic E-state index is 0.0579. The smallest absolute Gasteiger partial charge is 0.320 e. The van der Waals surface area contributed by atoms with Crippen molar-refractivity contribution in [2.24, 2.45) is 0 Å². The zero-order valence-electron chi connectivity index (χ0n) is 10.5. The van der Waals surface area contributed by atoms with Crippen LogP contribution < -0.4 is 0 Å². The monoisotopic (exact) mass is 250 g/mol. The van der Waals surface area contributed by atoms with E-state index < -0.39 is 0 Å². The Morgan fingerprint density at radius 3 is 2.47 bits per heavy atom. The summed E-state index contributed by atoms with van der Waals surface area (Å²) in [6.45, 7) is 6.07. The van der Waals surface area contributed by atoms with Crippen LogP contribution >= 0.6 is 11.8 Å². The van der Waals surface area contributed by atoms with Crippen molar-refractivity contribution >= 4 is 17.7 Å². The normalized spacial score (nSPS) is 22.5. The third-order valence-corrected chi connectivity index (χ3v) is 4.11. The van der Waals surface area contributed by atoms with Gasteiger partial charge in [0.25, 0.3) is 0 Å². The third kappa shape index (κ3) is 3.03. The number of rotatable bonds is 3. The highest BCUT2D eigenvalue weighted by Gasteiger charge is 2.40. The van der Waals surface area contributed by atoms with Crippen LogP contribution in [0.4, 0.5) is 0 Å². The summed E-state index contributed by atoms with van der Waals surface area (Å²) in [5, 5.41) is -0.0579. The lowest BCUT2D eigenvalue weighted by Gasteiger charge is -2.14. The molecule has 0 amide bonds. The van der Waals surface area contributed by atoms with E-state index in [1.165, 1.54) is 5.56 Å². The van der Waals surface area contributed by atoms with E-state index in [0.717, 1.165) is 17.7 Å². The molecule has 1 aliphatic heterocycles. The molecule has 1 aromatic rings. The van der Waals surface area contributed by atoms with Gasteiger partial charge in [-0.2, -0.15) is 0 Å². The molecule has 0 N–H and O–H groups in total. The molecule has 2 rings (SSSR count). The molecule has 2 nitrogen and oxygen atoms in total. The summed E-state index contributed by atoms with van der Waals surface area (Å²) < 4.78 is 5.32. The molecule has 0 aliphatic carbocycles. The van der Waals surface area contributed by atoms with Gasteiger partial charge in [0.2, 0.25) is 0 Å². The van der Waals surface area contributed by atoms with E-state index in [2.05, 4.69) is 31.2 Å². The van der Waals surface area contributed by atoms with Crippen LogP contribution in [0.15, 0.2) is 29.2 Å². The average Bonchev–Trinajstić information content (AvgIpc) is 2.53. The number of carbonyl (C=O) groups excluding carboxylic acids is 1. The summed E-state index contributed by atoms with van der Waals surface area (Å²) in [5.41, 5.74) is 1.02. The largest absolute Gasteiger partial charge is 0.459 e. The molecule has 0 spiro atoms. The van der Waals surface area contributed by atoms with Gasteiger partial charge in [0.15, 0.2) is 0 Å². The van der Waals surface area contributed by atoms with Gasteiger partial charge in [-0.15, -0.1) is 11.8 Å². The van der Waals surface area contributed by atoms with Crippen LogP contribution in [0.5, 0.6) is 0 Å². The Hall–Kier alpha value is -0.960. The SMILES string of the molecule is CCc1ccc(SC2CC(C)(C)OC2=O)cc1. The number of hydrogen-bond acceptors (Lipinski definition) is 3. The first-order valence-electron chi connectivity index (χ1n) is 5.98. The fourth-order valence-electron chi connectivity index (χ4n) is 1.97. The van der Waals surface area contributed by atoms with Gasteiger partial charge in [-0.05, 0) is 38.0 Å². The molecular weight excluding hydrogens is 232 g/mol. The second kappa shape index (κ2) is 4.73. The number of benzene rings is 1. The minimum Gasteiger partial charge on any atom is -0.459 e. The molecule has 1 aromatic carbocycles. The van der Waals surface area contributed by atoms with Crippen LogP contribution in [0.2, 0.25) is 0 Å². The molecule has 0 bridgehead atoms. The van der Waals surface area contributed by atoms with Crippen molar-refractivity contribution in [3.8, 4) is 0 Å². The lowest BCUT2D eigenvalue weighted by molar-refractivity contribution is -0.145. The van der Waals surface area contributed by atoms with Crippen molar-refractivity contribution in [1.82, 2.24) is 0 Å². The first kappa shape index (κ1) is 12.5. The second-order valence-electron chi connectivity index (χ2n) is 4.99. The summed E-state index contributed by atoms with van der Waals surface area (Å²) in [5.74, 6) is -0.0837. The lowest BCUT2D eigenvalue weighted by Crippen LogP contribution is -2.17. The quantitative estimate of drug-likeness (QED) is 0.769. The van der Waals surface area contributed by atoms with E-state index in [0.29, 0.717) is 0 Å². The van der Waals surface area contributed by atoms with Gasteiger partial charge in [-0.25, -0.2) is 0 Å². The molecular formula is C14H18O2S. The van der Waals surface area contributed by atoms with Crippen molar-refractivity contribution in [2.45, 2.75) is 49.4 Å². The Morgan fingerprint density at radius 2 is 2.00 bits per heavy atom. The summed E-state index contributed by atoms with van der Waals surface area (Å²) in [6, 6.07) is 8.41. The maximum Gasteiger partial charge on any atom is 0.320 e. The molecule has 1 fully saturated rings. The van der Waals surface area contributed by atoms with E-state index >= 15 is 0 Å². The maximum absolute atomic E-state index is 11.7. The molecule has 3 heteroatoms. The highest BCUT2D eigenvalue weighted by Crippen LogP contribution is 2.37. The minimum atomic E-state index is -0.307. The standard InChI is InChI=1S/C14H18O2S/c1-4-10-5-7-11(8-6-10)17-12-9-14(2,3)16-13(12)15/h5-8,12H,4,9H2,1-3H3. The Kier molecular flexibility index (Phi) is 3.48. The number of carbonyl (C=O) groups is 1. The molecule has 1 aliphatic rings. The number of thioether (sulfide) groups is 1. The lowest BCUT2D eigenvalue weighted by atomic mass is 10.1. The van der Waals surface area contributed by atoms with E-state index in [4.69, 9.17) is 4.74 Å². The summed E-state index contributed by atoms with van der Waals surface area (Å²) in [4.78, 5) is 12.8. The van der Waals surface area contributed by atoms with Gasteiger partial charge in [-0.3, -0.25) is 4.79 Å². The van der Waals surface area contributed by atoms with Gasteiger partial charge < -0.3 is 4.74 Å². The van der Waals surface area contributed by atoms with Crippen LogP contribution in [-0.4, -0.2) is 16.8 Å². The Bertz CT molecular complexity index is 409. The van der Waals surface area contributed by atoms with Gasteiger partial charge in [-0.1, -0.05) is 19.1 Å². The molecule has 1 unspecified atom stereocenters. The number of aryl methyl sites for hydroxylation is 1. The Labute approximate surface area is 107 Å². The number of esters is 1. The third-order valence-electron chi connectivity index (χ3n) is 2.93. The van der Waals surface area contributed by atoms with Crippen LogP contribution in [0, 0.1) is 0 Å². The summed E-state index contributed by atoms with van der Waals surface area (Å²) >= 11 is 1.61. The highest BCUT2D eigenvalue weighted by molar-refractivity contribution is 8.00. The van der Waals surface area contributed by atoms with E-state index in [1.54, 1.807) is 11.8 Å². The van der Waals surface area contributed by atoms with E-state index in [-0.39, 0.29) is 16.8 Å². The Balaban J connectivity index is 2.03. The van der Waals surface area contributed by atoms with Crippen LogP contribution in [0.25, 0.3) is 0 Å². The number of cyclic esters (lactones) is 1. The fourth-order valence-corrected chi connectivity index (χ4v) is 3.22. The molecule has 1 heterocycles. The van der Waals surface area contributed by atoms with Gasteiger partial charge >= 0.3 is 5.97 Å². The average molecular weight is 250 g/mol. The van der Waals surface area contributed by atoms with Crippen molar-refractivity contribution in [1.29, 1.82) is 0 Å². The van der Waals surface area contributed by atoms with Crippen molar-refractivity contribution < 1.29 is 9.53 Å². The van der Waals surface area contributed by atoms with Gasteiger partial charge in [0.05, 0.1) is 0 Å². The van der Waals surface area contributed by atoms with Crippen molar-refractivity contribution in [3.05, 3.63) is 29.8 Å². The predicted molar refractivity (Wildman–Crippen MR) is 70.3 cm³/mol. The maximum atomic E-state index is 11.7. The van der Waals surface area contributed by atoms with Crippen molar-refractivity contribution in [2.75, 3.05) is 0 Å². The van der Waals surface area contributed by atoms with Gasteiger partial charge in [0.1, 0.15) is 10.9 Å².